The third-order valence-electron chi connectivity index (χ3n) is 2.46. The molecular weight excluding hydrogens is 356 g/mol. The lowest BCUT2D eigenvalue weighted by Gasteiger charge is -2.10. The highest BCUT2D eigenvalue weighted by Crippen LogP contribution is 2.28. The summed E-state index contributed by atoms with van der Waals surface area (Å²) in [6, 6.07) is 9.52. The van der Waals surface area contributed by atoms with Gasteiger partial charge in [-0.15, -0.1) is 0 Å². The molecular formula is C14H9Cl4NO2. The minimum absolute atomic E-state index is 0.208. The summed E-state index contributed by atoms with van der Waals surface area (Å²) in [5.41, 5.74) is 0.455. The summed E-state index contributed by atoms with van der Waals surface area (Å²) in [5, 5.41) is 4.27. The van der Waals surface area contributed by atoms with E-state index in [4.69, 9.17) is 51.1 Å². The fourth-order valence-electron chi connectivity index (χ4n) is 1.51. The molecule has 0 saturated heterocycles. The molecule has 0 fully saturated rings. The van der Waals surface area contributed by atoms with Crippen molar-refractivity contribution in [1.29, 1.82) is 0 Å². The molecule has 0 saturated carbocycles. The maximum Gasteiger partial charge on any atom is 0.262 e. The lowest BCUT2D eigenvalue weighted by molar-refractivity contribution is -0.118. The molecule has 1 N–H and O–H groups in total. The van der Waals surface area contributed by atoms with E-state index in [1.165, 1.54) is 12.1 Å². The average molecular weight is 365 g/mol. The number of amides is 1. The van der Waals surface area contributed by atoms with Gasteiger partial charge in [-0.25, -0.2) is 0 Å². The van der Waals surface area contributed by atoms with Gasteiger partial charge in [-0.1, -0.05) is 46.4 Å². The molecule has 0 atom stereocenters. The van der Waals surface area contributed by atoms with E-state index in [0.717, 1.165) is 0 Å². The van der Waals surface area contributed by atoms with Gasteiger partial charge in [-0.05, 0) is 36.4 Å². The Kier molecular flexibility index (Phi) is 5.59. The Morgan fingerprint density at radius 1 is 0.952 bits per heavy atom. The Morgan fingerprint density at radius 2 is 1.57 bits per heavy atom. The Bertz CT molecular complexity index is 676. The molecule has 21 heavy (non-hydrogen) atoms. The van der Waals surface area contributed by atoms with Crippen molar-refractivity contribution >= 4 is 58.0 Å². The highest BCUT2D eigenvalue weighted by Gasteiger charge is 2.09. The molecule has 1 amide bonds. The first-order chi connectivity index (χ1) is 9.95. The molecule has 2 rings (SSSR count). The number of benzene rings is 2. The Morgan fingerprint density at radius 3 is 2.19 bits per heavy atom. The average Bonchev–Trinajstić information content (AvgIpc) is 2.41. The molecule has 0 aliphatic heterocycles. The van der Waals surface area contributed by atoms with Crippen molar-refractivity contribution in [2.24, 2.45) is 0 Å². The fraction of sp³-hybridized carbons (Fsp3) is 0.0714. The van der Waals surface area contributed by atoms with Gasteiger partial charge in [0.15, 0.2) is 6.61 Å². The first-order valence-electron chi connectivity index (χ1n) is 5.78. The topological polar surface area (TPSA) is 38.3 Å². The molecule has 0 bridgehead atoms. The van der Waals surface area contributed by atoms with Crippen LogP contribution in [0.3, 0.4) is 0 Å². The van der Waals surface area contributed by atoms with E-state index >= 15 is 0 Å². The number of ether oxygens (including phenoxy) is 1. The second-order valence-electron chi connectivity index (χ2n) is 4.04. The van der Waals surface area contributed by atoms with Crippen molar-refractivity contribution in [2.45, 2.75) is 0 Å². The van der Waals surface area contributed by atoms with E-state index in [-0.39, 0.29) is 12.5 Å². The third-order valence-corrected chi connectivity index (χ3v) is 3.54. The van der Waals surface area contributed by atoms with E-state index in [2.05, 4.69) is 5.32 Å². The summed E-state index contributed by atoms with van der Waals surface area (Å²) in [5.74, 6) is 0.00339. The summed E-state index contributed by atoms with van der Waals surface area (Å²) < 4.78 is 5.32. The normalized spacial score (nSPS) is 10.3. The number of halogens is 4. The van der Waals surface area contributed by atoms with Gasteiger partial charge < -0.3 is 10.1 Å². The predicted molar refractivity (Wildman–Crippen MR) is 87.0 cm³/mol. The fourth-order valence-corrected chi connectivity index (χ4v) is 2.43. The number of hydrogen-bond donors (Lipinski definition) is 1. The largest absolute Gasteiger partial charge is 0.482 e. The summed E-state index contributed by atoms with van der Waals surface area (Å²) in [7, 11) is 0. The first-order valence-corrected chi connectivity index (χ1v) is 7.29. The van der Waals surface area contributed by atoms with Crippen molar-refractivity contribution in [1.82, 2.24) is 0 Å². The van der Waals surface area contributed by atoms with Crippen molar-refractivity contribution in [2.75, 3.05) is 11.9 Å². The highest BCUT2D eigenvalue weighted by atomic mass is 35.5. The van der Waals surface area contributed by atoms with Gasteiger partial charge in [0.1, 0.15) is 5.75 Å². The zero-order valence-corrected chi connectivity index (χ0v) is 13.5. The van der Waals surface area contributed by atoms with Crippen molar-refractivity contribution in [3.63, 3.8) is 0 Å². The number of nitrogens with one attached hydrogen (secondary N) is 1. The van der Waals surface area contributed by atoms with E-state index in [1.807, 2.05) is 0 Å². The lowest BCUT2D eigenvalue weighted by Crippen LogP contribution is -2.20. The van der Waals surface area contributed by atoms with Gasteiger partial charge >= 0.3 is 0 Å². The SMILES string of the molecule is O=C(COc1ccc(Cl)cc1Cl)Nc1ccc(Cl)cc1Cl. The summed E-state index contributed by atoms with van der Waals surface area (Å²) in [6.07, 6.45) is 0. The standard InChI is InChI=1S/C14H9Cl4NO2/c15-8-1-3-12(10(17)5-8)19-14(20)7-21-13-4-2-9(16)6-11(13)18/h1-6H,7H2,(H,19,20). The van der Waals surface area contributed by atoms with E-state index < -0.39 is 0 Å². The van der Waals surface area contributed by atoms with Gasteiger partial charge in [0.25, 0.3) is 5.91 Å². The van der Waals surface area contributed by atoms with Gasteiger partial charge in [0.05, 0.1) is 15.7 Å². The minimum Gasteiger partial charge on any atom is -0.482 e. The second-order valence-corrected chi connectivity index (χ2v) is 5.72. The molecule has 0 radical (unpaired) electrons. The van der Waals surface area contributed by atoms with Gasteiger partial charge in [0.2, 0.25) is 0 Å². The van der Waals surface area contributed by atoms with Crippen LogP contribution in [0.15, 0.2) is 36.4 Å². The van der Waals surface area contributed by atoms with Gasteiger partial charge in [-0.3, -0.25) is 4.79 Å². The van der Waals surface area contributed by atoms with Crippen LogP contribution < -0.4 is 10.1 Å². The number of hydrogen-bond acceptors (Lipinski definition) is 2. The number of carbonyl (C=O) groups is 1. The molecule has 0 aromatic heterocycles. The molecule has 0 aliphatic rings. The number of anilines is 1. The van der Waals surface area contributed by atoms with Crippen LogP contribution in [0.1, 0.15) is 0 Å². The summed E-state index contributed by atoms with van der Waals surface area (Å²) in [4.78, 5) is 11.8. The van der Waals surface area contributed by atoms with Crippen LogP contribution in [0.2, 0.25) is 20.1 Å². The quantitative estimate of drug-likeness (QED) is 0.797. The molecule has 110 valence electrons. The highest BCUT2D eigenvalue weighted by molar-refractivity contribution is 6.37. The van der Waals surface area contributed by atoms with Crippen LogP contribution in [-0.4, -0.2) is 12.5 Å². The van der Waals surface area contributed by atoms with Crippen molar-refractivity contribution < 1.29 is 9.53 Å². The lowest BCUT2D eigenvalue weighted by atomic mass is 10.3. The molecule has 3 nitrogen and oxygen atoms in total. The maximum absolute atomic E-state index is 11.8. The van der Waals surface area contributed by atoms with Crippen LogP contribution in [0, 0.1) is 0 Å². The van der Waals surface area contributed by atoms with Crippen LogP contribution in [0.4, 0.5) is 5.69 Å². The van der Waals surface area contributed by atoms with Crippen LogP contribution in [0.25, 0.3) is 0 Å². The third kappa shape index (κ3) is 4.68. The van der Waals surface area contributed by atoms with E-state index in [1.54, 1.807) is 24.3 Å². The summed E-state index contributed by atoms with van der Waals surface area (Å²) in [6.45, 7) is -0.208. The molecule has 0 heterocycles. The molecule has 7 heteroatoms. The van der Waals surface area contributed by atoms with Crippen molar-refractivity contribution in [3.8, 4) is 5.75 Å². The van der Waals surface area contributed by atoms with Crippen LogP contribution >= 0.6 is 46.4 Å². The summed E-state index contributed by atoms with van der Waals surface area (Å²) >= 11 is 23.4. The van der Waals surface area contributed by atoms with Crippen molar-refractivity contribution in [3.05, 3.63) is 56.5 Å². The molecule has 0 unspecified atom stereocenters. The molecule has 0 aliphatic carbocycles. The predicted octanol–water partition coefficient (Wildman–Crippen LogP) is 5.32. The second kappa shape index (κ2) is 7.23. The van der Waals surface area contributed by atoms with E-state index in [0.29, 0.717) is 31.5 Å². The smallest absolute Gasteiger partial charge is 0.262 e. The van der Waals surface area contributed by atoms with Crippen LogP contribution in [-0.2, 0) is 4.79 Å². The zero-order chi connectivity index (χ0) is 15.4. The van der Waals surface area contributed by atoms with E-state index in [9.17, 15) is 4.79 Å². The zero-order valence-electron chi connectivity index (χ0n) is 10.5. The number of rotatable bonds is 4. The monoisotopic (exact) mass is 363 g/mol. The molecule has 2 aromatic carbocycles. The Balaban J connectivity index is 1.96. The molecule has 0 spiro atoms. The van der Waals surface area contributed by atoms with Crippen LogP contribution in [0.5, 0.6) is 5.75 Å². The van der Waals surface area contributed by atoms with Gasteiger partial charge in [0, 0.05) is 10.0 Å². The van der Waals surface area contributed by atoms with Gasteiger partial charge in [-0.2, -0.15) is 0 Å². The Labute approximate surface area is 141 Å². The maximum atomic E-state index is 11.8. The first kappa shape index (κ1) is 16.2. The number of carbonyl (C=O) groups excluding carboxylic acids is 1. The minimum atomic E-state index is -0.370. The Hall–Kier alpha value is -1.13. The molecule has 2 aromatic rings.